The third-order valence-corrected chi connectivity index (χ3v) is 3.12. The Hall–Kier alpha value is -1.09. The van der Waals surface area contributed by atoms with Gasteiger partial charge in [0, 0.05) is 11.8 Å². The molecule has 1 heterocycles. The fourth-order valence-corrected chi connectivity index (χ4v) is 2.02. The van der Waals surface area contributed by atoms with Crippen molar-refractivity contribution in [3.63, 3.8) is 0 Å². The summed E-state index contributed by atoms with van der Waals surface area (Å²) in [5.41, 5.74) is 6.76. The minimum Gasteiger partial charge on any atom is -0.385 e. The monoisotopic (exact) mass is 208 g/mol. The van der Waals surface area contributed by atoms with E-state index in [0.29, 0.717) is 12.2 Å². The second-order valence-corrected chi connectivity index (χ2v) is 4.32. The van der Waals surface area contributed by atoms with Gasteiger partial charge in [0.1, 0.15) is 5.82 Å². The Morgan fingerprint density at radius 3 is 2.53 bits per heavy atom. The van der Waals surface area contributed by atoms with E-state index in [1.165, 1.54) is 0 Å². The quantitative estimate of drug-likeness (QED) is 0.800. The van der Waals surface area contributed by atoms with Crippen LogP contribution >= 0.6 is 0 Å². The maximum absolute atomic E-state index is 10.6. The van der Waals surface area contributed by atoms with Crippen molar-refractivity contribution in [3.8, 4) is 0 Å². The molecule has 3 heteroatoms. The van der Waals surface area contributed by atoms with Crippen LogP contribution in [0.15, 0.2) is 12.3 Å². The first-order valence-corrected chi connectivity index (χ1v) is 5.37. The van der Waals surface area contributed by atoms with E-state index >= 15 is 0 Å². The zero-order chi connectivity index (χ0) is 11.6. The van der Waals surface area contributed by atoms with Crippen molar-refractivity contribution < 1.29 is 5.11 Å². The van der Waals surface area contributed by atoms with Gasteiger partial charge >= 0.3 is 0 Å². The number of pyridine rings is 1. The second kappa shape index (κ2) is 4.19. The summed E-state index contributed by atoms with van der Waals surface area (Å²) in [4.78, 5) is 4.05. The molecule has 3 nitrogen and oxygen atoms in total. The molecule has 84 valence electrons. The van der Waals surface area contributed by atoms with Gasteiger partial charge in [-0.1, -0.05) is 20.8 Å². The third-order valence-electron chi connectivity index (χ3n) is 3.12. The van der Waals surface area contributed by atoms with Crippen molar-refractivity contribution in [2.45, 2.75) is 39.7 Å². The van der Waals surface area contributed by atoms with Gasteiger partial charge in [0.25, 0.3) is 0 Å². The first-order valence-electron chi connectivity index (χ1n) is 5.37. The van der Waals surface area contributed by atoms with Crippen LogP contribution in [0.3, 0.4) is 0 Å². The number of anilines is 1. The fraction of sp³-hybridized carbons (Fsp3) is 0.583. The summed E-state index contributed by atoms with van der Waals surface area (Å²) in [7, 11) is 0. The predicted molar refractivity (Wildman–Crippen MR) is 62.4 cm³/mol. The lowest BCUT2D eigenvalue weighted by Gasteiger charge is -2.33. The van der Waals surface area contributed by atoms with Gasteiger partial charge in [-0.25, -0.2) is 4.98 Å². The normalized spacial score (nSPS) is 15.3. The molecule has 0 saturated carbocycles. The number of aryl methyl sites for hydroxylation is 1. The highest BCUT2D eigenvalue weighted by Gasteiger charge is 2.34. The van der Waals surface area contributed by atoms with Gasteiger partial charge in [-0.2, -0.15) is 0 Å². The highest BCUT2D eigenvalue weighted by atomic mass is 16.3. The molecule has 15 heavy (non-hydrogen) atoms. The molecule has 1 unspecified atom stereocenters. The zero-order valence-corrected chi connectivity index (χ0v) is 9.91. The number of aromatic nitrogens is 1. The van der Waals surface area contributed by atoms with Gasteiger partial charge in [-0.05, 0) is 30.9 Å². The molecule has 1 aromatic heterocycles. The first kappa shape index (κ1) is 12.0. The van der Waals surface area contributed by atoms with E-state index in [1.54, 1.807) is 6.20 Å². The molecular weight excluding hydrogens is 188 g/mol. The first-order chi connectivity index (χ1) is 6.93. The topological polar surface area (TPSA) is 59.1 Å². The van der Waals surface area contributed by atoms with E-state index in [9.17, 15) is 5.11 Å². The van der Waals surface area contributed by atoms with Gasteiger partial charge in [0.05, 0.1) is 5.60 Å². The molecule has 0 radical (unpaired) electrons. The van der Waals surface area contributed by atoms with Crippen LogP contribution in [-0.4, -0.2) is 10.1 Å². The lowest BCUT2D eigenvalue weighted by molar-refractivity contribution is -0.0140. The van der Waals surface area contributed by atoms with Crippen LogP contribution in [0.25, 0.3) is 0 Å². The van der Waals surface area contributed by atoms with Gasteiger partial charge in [-0.3, -0.25) is 0 Å². The van der Waals surface area contributed by atoms with Crippen molar-refractivity contribution in [2.75, 3.05) is 5.73 Å². The molecule has 3 N–H and O–H groups in total. The second-order valence-electron chi connectivity index (χ2n) is 4.32. The third kappa shape index (κ3) is 1.97. The molecule has 0 spiro atoms. The highest BCUT2D eigenvalue weighted by molar-refractivity contribution is 5.48. The number of nitrogen functional groups attached to an aromatic ring is 1. The molecular formula is C12H20N2O. The van der Waals surface area contributed by atoms with Crippen molar-refractivity contribution in [2.24, 2.45) is 5.92 Å². The highest BCUT2D eigenvalue weighted by Crippen LogP contribution is 2.37. The molecule has 0 aliphatic heterocycles. The smallest absolute Gasteiger partial charge is 0.129 e. The number of nitrogens with zero attached hydrogens (tertiary/aromatic N) is 1. The van der Waals surface area contributed by atoms with Gasteiger partial charge in [0.2, 0.25) is 0 Å². The Morgan fingerprint density at radius 2 is 2.13 bits per heavy atom. The number of hydrogen-bond donors (Lipinski definition) is 2. The summed E-state index contributed by atoms with van der Waals surface area (Å²) in [6.07, 6.45) is 2.31. The lowest BCUT2D eigenvalue weighted by atomic mass is 9.79. The predicted octanol–water partition coefficient (Wildman–Crippen LogP) is 2.23. The van der Waals surface area contributed by atoms with Gasteiger partial charge in [-0.15, -0.1) is 0 Å². The molecule has 0 amide bonds. The van der Waals surface area contributed by atoms with Crippen molar-refractivity contribution in [3.05, 3.63) is 23.4 Å². The van der Waals surface area contributed by atoms with Crippen molar-refractivity contribution >= 4 is 5.82 Å². The Bertz CT molecular complexity index is 329. The Balaban J connectivity index is 3.35. The summed E-state index contributed by atoms with van der Waals surface area (Å²) < 4.78 is 0. The molecule has 1 atom stereocenters. The summed E-state index contributed by atoms with van der Waals surface area (Å²) in [5.74, 6) is 0.556. The standard InChI is InChI=1S/C12H20N2O/c1-5-12(15,8(2)3)10-9(4)6-7-14-11(10)13/h6-8,15H,5H2,1-4H3,(H2,13,14). The number of nitrogens with two attached hydrogens (primary N) is 1. The van der Waals surface area contributed by atoms with Crippen molar-refractivity contribution in [1.29, 1.82) is 0 Å². The molecule has 0 saturated heterocycles. The van der Waals surface area contributed by atoms with Crippen LogP contribution in [0, 0.1) is 12.8 Å². The minimum atomic E-state index is -0.873. The molecule has 0 aliphatic rings. The van der Waals surface area contributed by atoms with Crippen LogP contribution in [0.4, 0.5) is 5.82 Å². The lowest BCUT2D eigenvalue weighted by Crippen LogP contribution is -2.33. The largest absolute Gasteiger partial charge is 0.385 e. The molecule has 0 aromatic carbocycles. The van der Waals surface area contributed by atoms with E-state index in [2.05, 4.69) is 4.98 Å². The number of aliphatic hydroxyl groups is 1. The minimum absolute atomic E-state index is 0.118. The maximum atomic E-state index is 10.6. The molecule has 0 fully saturated rings. The average Bonchev–Trinajstić information content (AvgIpc) is 2.16. The summed E-state index contributed by atoms with van der Waals surface area (Å²) in [5, 5.41) is 10.6. The Kier molecular flexibility index (Phi) is 3.35. The van der Waals surface area contributed by atoms with E-state index in [1.807, 2.05) is 33.8 Å². The van der Waals surface area contributed by atoms with Crippen LogP contribution in [0.1, 0.15) is 38.3 Å². The van der Waals surface area contributed by atoms with E-state index < -0.39 is 5.60 Å². The molecule has 0 aliphatic carbocycles. The molecule has 1 aromatic rings. The number of rotatable bonds is 3. The molecule has 0 bridgehead atoms. The zero-order valence-electron chi connectivity index (χ0n) is 9.91. The summed E-state index contributed by atoms with van der Waals surface area (Å²) in [6.45, 7) is 7.91. The van der Waals surface area contributed by atoms with Crippen LogP contribution in [0.5, 0.6) is 0 Å². The van der Waals surface area contributed by atoms with E-state index in [4.69, 9.17) is 5.73 Å². The Morgan fingerprint density at radius 1 is 1.53 bits per heavy atom. The van der Waals surface area contributed by atoms with E-state index in [-0.39, 0.29) is 5.92 Å². The van der Waals surface area contributed by atoms with Gasteiger partial charge in [0.15, 0.2) is 0 Å². The Labute approximate surface area is 91.3 Å². The SMILES string of the molecule is CCC(O)(c1c(C)ccnc1N)C(C)C. The summed E-state index contributed by atoms with van der Waals surface area (Å²) >= 11 is 0. The molecule has 1 rings (SSSR count). The van der Waals surface area contributed by atoms with E-state index in [0.717, 1.165) is 11.1 Å². The summed E-state index contributed by atoms with van der Waals surface area (Å²) in [6, 6.07) is 1.88. The fourth-order valence-electron chi connectivity index (χ4n) is 2.02. The average molecular weight is 208 g/mol. The van der Waals surface area contributed by atoms with Crippen LogP contribution in [0.2, 0.25) is 0 Å². The van der Waals surface area contributed by atoms with Crippen molar-refractivity contribution in [1.82, 2.24) is 4.98 Å². The number of hydrogen-bond acceptors (Lipinski definition) is 3. The van der Waals surface area contributed by atoms with Crippen LogP contribution in [-0.2, 0) is 5.60 Å². The van der Waals surface area contributed by atoms with Crippen LogP contribution < -0.4 is 5.73 Å². The maximum Gasteiger partial charge on any atom is 0.129 e. The van der Waals surface area contributed by atoms with Gasteiger partial charge < -0.3 is 10.8 Å².